The van der Waals surface area contributed by atoms with Gasteiger partial charge in [0, 0.05) is 29.7 Å². The number of aliphatic hydroxyl groups excluding tert-OH is 1. The summed E-state index contributed by atoms with van der Waals surface area (Å²) in [5.41, 5.74) is 1.11. The molecule has 0 aliphatic rings. The van der Waals surface area contributed by atoms with Crippen molar-refractivity contribution >= 4 is 11.6 Å². The van der Waals surface area contributed by atoms with Gasteiger partial charge in [0.05, 0.1) is 6.10 Å². The minimum Gasteiger partial charge on any atom is -0.390 e. The lowest BCUT2D eigenvalue weighted by Gasteiger charge is -2.29. The van der Waals surface area contributed by atoms with Crippen molar-refractivity contribution in [3.05, 3.63) is 34.9 Å². The Bertz CT molecular complexity index is 417. The summed E-state index contributed by atoms with van der Waals surface area (Å²) in [7, 11) is 2.01. The van der Waals surface area contributed by atoms with Gasteiger partial charge < -0.3 is 10.4 Å². The topological polar surface area (TPSA) is 35.5 Å². The molecule has 0 aliphatic carbocycles. The fourth-order valence-electron chi connectivity index (χ4n) is 2.03. The maximum atomic E-state index is 10.1. The zero-order valence-corrected chi connectivity index (χ0v) is 13.9. The number of hydrogen-bond acceptors (Lipinski definition) is 3. The third kappa shape index (κ3) is 5.80. The lowest BCUT2D eigenvalue weighted by molar-refractivity contribution is 0.101. The maximum absolute atomic E-state index is 10.1. The number of nitrogens with zero attached hydrogens (tertiary/aromatic N) is 1. The summed E-state index contributed by atoms with van der Waals surface area (Å²) in [6.07, 6.45) is -0.399. The SMILES string of the molecule is CC(c1ccccc1Cl)N(C)CC(O)CNC(C)(C)C. The molecule has 0 heterocycles. The molecule has 1 aromatic carbocycles. The summed E-state index contributed by atoms with van der Waals surface area (Å²) < 4.78 is 0. The second-order valence-corrected chi connectivity index (χ2v) is 6.83. The standard InChI is InChI=1S/C16H27ClN2O/c1-12(14-8-6-7-9-15(14)17)19(5)11-13(20)10-18-16(2,3)4/h6-9,12-13,18,20H,10-11H2,1-5H3. The third-order valence-corrected chi connectivity index (χ3v) is 3.73. The Hall–Kier alpha value is -0.610. The van der Waals surface area contributed by atoms with Crippen LogP contribution in [0.4, 0.5) is 0 Å². The Labute approximate surface area is 127 Å². The summed E-state index contributed by atoms with van der Waals surface area (Å²) in [5, 5.41) is 14.2. The second-order valence-electron chi connectivity index (χ2n) is 6.42. The lowest BCUT2D eigenvalue weighted by atomic mass is 10.1. The Kier molecular flexibility index (Phi) is 6.46. The van der Waals surface area contributed by atoms with E-state index in [1.165, 1.54) is 0 Å². The molecule has 0 aliphatic heterocycles. The highest BCUT2D eigenvalue weighted by Crippen LogP contribution is 2.26. The normalized spacial score (nSPS) is 15.4. The molecule has 0 fully saturated rings. The van der Waals surface area contributed by atoms with Crippen LogP contribution in [0, 0.1) is 0 Å². The molecule has 0 saturated heterocycles. The molecule has 1 rings (SSSR count). The summed E-state index contributed by atoms with van der Waals surface area (Å²) >= 11 is 6.22. The van der Waals surface area contributed by atoms with Gasteiger partial charge in [0.25, 0.3) is 0 Å². The van der Waals surface area contributed by atoms with Crippen LogP contribution in [-0.2, 0) is 0 Å². The first-order valence-electron chi connectivity index (χ1n) is 7.08. The molecule has 2 unspecified atom stereocenters. The predicted octanol–water partition coefficient (Wildman–Crippen LogP) is 3.08. The van der Waals surface area contributed by atoms with E-state index >= 15 is 0 Å². The molecule has 114 valence electrons. The molecule has 2 N–H and O–H groups in total. The van der Waals surface area contributed by atoms with Gasteiger partial charge in [-0.25, -0.2) is 0 Å². The first-order chi connectivity index (χ1) is 9.20. The Balaban J connectivity index is 2.54. The second kappa shape index (κ2) is 7.41. The minimum absolute atomic E-state index is 0.0217. The average molecular weight is 299 g/mol. The first-order valence-corrected chi connectivity index (χ1v) is 7.46. The van der Waals surface area contributed by atoms with Crippen LogP contribution in [0.15, 0.2) is 24.3 Å². The smallest absolute Gasteiger partial charge is 0.0791 e. The van der Waals surface area contributed by atoms with Crippen molar-refractivity contribution < 1.29 is 5.11 Å². The Morgan fingerprint density at radius 2 is 1.90 bits per heavy atom. The van der Waals surface area contributed by atoms with Crippen molar-refractivity contribution in [1.82, 2.24) is 10.2 Å². The van der Waals surface area contributed by atoms with E-state index in [1.54, 1.807) is 0 Å². The fourth-order valence-corrected chi connectivity index (χ4v) is 2.32. The van der Waals surface area contributed by atoms with Crippen molar-refractivity contribution in [2.45, 2.75) is 45.4 Å². The molecule has 0 bridgehead atoms. The highest BCUT2D eigenvalue weighted by atomic mass is 35.5. The van der Waals surface area contributed by atoms with E-state index in [-0.39, 0.29) is 11.6 Å². The summed E-state index contributed by atoms with van der Waals surface area (Å²) in [6.45, 7) is 9.57. The van der Waals surface area contributed by atoms with Crippen molar-refractivity contribution in [2.24, 2.45) is 0 Å². The van der Waals surface area contributed by atoms with Crippen LogP contribution in [0.2, 0.25) is 5.02 Å². The number of nitrogens with one attached hydrogen (secondary N) is 1. The van der Waals surface area contributed by atoms with Gasteiger partial charge in [0.15, 0.2) is 0 Å². The van der Waals surface area contributed by atoms with Crippen LogP contribution in [0.5, 0.6) is 0 Å². The highest BCUT2D eigenvalue weighted by molar-refractivity contribution is 6.31. The van der Waals surface area contributed by atoms with Crippen molar-refractivity contribution in [3.63, 3.8) is 0 Å². The van der Waals surface area contributed by atoms with Crippen LogP contribution in [0.25, 0.3) is 0 Å². The van der Waals surface area contributed by atoms with E-state index in [1.807, 2.05) is 31.3 Å². The van der Waals surface area contributed by atoms with E-state index in [4.69, 9.17) is 11.6 Å². The highest BCUT2D eigenvalue weighted by Gasteiger charge is 2.18. The zero-order valence-electron chi connectivity index (χ0n) is 13.2. The first kappa shape index (κ1) is 17.4. The maximum Gasteiger partial charge on any atom is 0.0791 e. The van der Waals surface area contributed by atoms with Crippen LogP contribution < -0.4 is 5.32 Å². The number of hydrogen-bond donors (Lipinski definition) is 2. The number of likely N-dealkylation sites (N-methyl/N-ethyl adjacent to an activating group) is 1. The van der Waals surface area contributed by atoms with Crippen LogP contribution in [0.1, 0.15) is 39.3 Å². The molecule has 0 amide bonds. The van der Waals surface area contributed by atoms with Gasteiger partial charge >= 0.3 is 0 Å². The quantitative estimate of drug-likeness (QED) is 0.847. The van der Waals surface area contributed by atoms with Gasteiger partial charge in [-0.15, -0.1) is 0 Å². The Morgan fingerprint density at radius 1 is 1.30 bits per heavy atom. The molecule has 0 aromatic heterocycles. The predicted molar refractivity (Wildman–Crippen MR) is 86.3 cm³/mol. The van der Waals surface area contributed by atoms with Crippen LogP contribution in [-0.4, -0.2) is 41.8 Å². The monoisotopic (exact) mass is 298 g/mol. The summed E-state index contributed by atoms with van der Waals surface area (Å²) in [4.78, 5) is 2.12. The van der Waals surface area contributed by atoms with Crippen molar-refractivity contribution in [2.75, 3.05) is 20.1 Å². The van der Waals surface area contributed by atoms with Crippen molar-refractivity contribution in [1.29, 1.82) is 0 Å². The van der Waals surface area contributed by atoms with E-state index < -0.39 is 6.10 Å². The molecule has 0 spiro atoms. The minimum atomic E-state index is -0.399. The Morgan fingerprint density at radius 3 is 2.45 bits per heavy atom. The number of rotatable bonds is 6. The van der Waals surface area contributed by atoms with E-state index in [9.17, 15) is 5.11 Å². The number of halogens is 1. The molecule has 4 heteroatoms. The largest absolute Gasteiger partial charge is 0.390 e. The van der Waals surface area contributed by atoms with E-state index in [0.717, 1.165) is 10.6 Å². The summed E-state index contributed by atoms with van der Waals surface area (Å²) in [5.74, 6) is 0. The van der Waals surface area contributed by atoms with E-state index in [0.29, 0.717) is 13.1 Å². The van der Waals surface area contributed by atoms with Gasteiger partial charge in [-0.05, 0) is 46.4 Å². The average Bonchev–Trinajstić information content (AvgIpc) is 2.35. The molecular weight excluding hydrogens is 272 g/mol. The van der Waals surface area contributed by atoms with Gasteiger partial charge in [-0.2, -0.15) is 0 Å². The molecule has 2 atom stereocenters. The van der Waals surface area contributed by atoms with Gasteiger partial charge in [0.1, 0.15) is 0 Å². The number of benzene rings is 1. The van der Waals surface area contributed by atoms with Gasteiger partial charge in [-0.3, -0.25) is 4.90 Å². The molecule has 3 nitrogen and oxygen atoms in total. The van der Waals surface area contributed by atoms with E-state index in [2.05, 4.69) is 37.9 Å². The summed E-state index contributed by atoms with van der Waals surface area (Å²) in [6, 6.07) is 8.03. The number of β-amino-alcohol motifs (C(OH)–C–C–N with tert-alkyl or cyclic N) is 1. The van der Waals surface area contributed by atoms with Gasteiger partial charge in [0.2, 0.25) is 0 Å². The third-order valence-electron chi connectivity index (χ3n) is 3.38. The number of aliphatic hydroxyl groups is 1. The molecular formula is C16H27ClN2O. The molecule has 1 aromatic rings. The molecule has 0 saturated carbocycles. The van der Waals surface area contributed by atoms with Crippen molar-refractivity contribution in [3.8, 4) is 0 Å². The molecule has 0 radical (unpaired) electrons. The zero-order chi connectivity index (χ0) is 15.3. The van der Waals surface area contributed by atoms with Crippen LogP contribution in [0.3, 0.4) is 0 Å². The van der Waals surface area contributed by atoms with Gasteiger partial charge in [-0.1, -0.05) is 29.8 Å². The molecule has 20 heavy (non-hydrogen) atoms. The fraction of sp³-hybridized carbons (Fsp3) is 0.625. The van der Waals surface area contributed by atoms with Crippen LogP contribution >= 0.6 is 11.6 Å². The lowest BCUT2D eigenvalue weighted by Crippen LogP contribution is -2.44.